The molecule has 0 aromatic heterocycles. The number of aryl methyl sites for hydroxylation is 1. The van der Waals surface area contributed by atoms with E-state index < -0.39 is 28.5 Å². The first-order chi connectivity index (χ1) is 13.6. The number of methoxy groups -OCH3 is 1. The van der Waals surface area contributed by atoms with Crippen LogP contribution >= 0.6 is 0 Å². The van der Waals surface area contributed by atoms with E-state index in [1.807, 2.05) is 6.07 Å². The van der Waals surface area contributed by atoms with E-state index in [0.717, 1.165) is 9.87 Å². The lowest BCUT2D eigenvalue weighted by Gasteiger charge is -2.13. The van der Waals surface area contributed by atoms with E-state index in [-0.39, 0.29) is 17.0 Å². The Balaban J connectivity index is 1.98. The number of ether oxygens (including phenoxy) is 2. The van der Waals surface area contributed by atoms with Crippen LogP contribution in [0.1, 0.15) is 21.5 Å². The molecule has 2 aromatic carbocycles. The Morgan fingerprint density at radius 2 is 1.83 bits per heavy atom. The van der Waals surface area contributed by atoms with E-state index in [1.54, 1.807) is 32.2 Å². The normalized spacial score (nSPS) is 11.2. The van der Waals surface area contributed by atoms with Crippen molar-refractivity contribution in [3.05, 3.63) is 59.2 Å². The summed E-state index contributed by atoms with van der Waals surface area (Å²) in [6, 6.07) is 11.4. The Hall–Kier alpha value is -2.91. The zero-order chi connectivity index (χ0) is 21.6. The fourth-order valence-electron chi connectivity index (χ4n) is 2.44. The third-order valence-corrected chi connectivity index (χ3v) is 5.98. The highest BCUT2D eigenvalue weighted by Gasteiger charge is 2.21. The summed E-state index contributed by atoms with van der Waals surface area (Å²) in [4.78, 5) is 24.3. The summed E-state index contributed by atoms with van der Waals surface area (Å²) < 4.78 is 35.7. The van der Waals surface area contributed by atoms with Gasteiger partial charge in [-0.1, -0.05) is 18.2 Å². The second-order valence-corrected chi connectivity index (χ2v) is 8.62. The maximum Gasteiger partial charge on any atom is 0.338 e. The van der Waals surface area contributed by atoms with E-state index >= 15 is 0 Å². The van der Waals surface area contributed by atoms with Gasteiger partial charge in [-0.15, -0.1) is 0 Å². The molecule has 0 spiro atoms. The first kappa shape index (κ1) is 22.4. The van der Waals surface area contributed by atoms with Gasteiger partial charge in [0.1, 0.15) is 5.75 Å². The van der Waals surface area contributed by atoms with Gasteiger partial charge in [0.25, 0.3) is 5.91 Å². The largest absolute Gasteiger partial charge is 0.497 e. The molecule has 2 rings (SSSR count). The van der Waals surface area contributed by atoms with Gasteiger partial charge in [0.2, 0.25) is 10.0 Å². The number of esters is 1. The molecule has 0 radical (unpaired) electrons. The van der Waals surface area contributed by atoms with Crippen LogP contribution in [0.25, 0.3) is 0 Å². The van der Waals surface area contributed by atoms with E-state index in [2.05, 4.69) is 5.32 Å². The molecule has 0 atom stereocenters. The number of nitrogens with zero attached hydrogens (tertiary/aromatic N) is 1. The van der Waals surface area contributed by atoms with Crippen LogP contribution in [0.5, 0.6) is 5.75 Å². The molecule has 0 fully saturated rings. The van der Waals surface area contributed by atoms with E-state index in [0.29, 0.717) is 11.3 Å². The summed E-state index contributed by atoms with van der Waals surface area (Å²) in [6.45, 7) is 1.43. The molecule has 8 nitrogen and oxygen atoms in total. The van der Waals surface area contributed by atoms with Crippen molar-refractivity contribution < 1.29 is 27.5 Å². The Morgan fingerprint density at radius 1 is 1.10 bits per heavy atom. The first-order valence-electron chi connectivity index (χ1n) is 8.75. The average Bonchev–Trinajstić information content (AvgIpc) is 2.70. The van der Waals surface area contributed by atoms with Gasteiger partial charge in [-0.05, 0) is 42.3 Å². The minimum atomic E-state index is -3.69. The molecule has 0 aliphatic carbocycles. The van der Waals surface area contributed by atoms with E-state index in [4.69, 9.17) is 9.47 Å². The van der Waals surface area contributed by atoms with Crippen LogP contribution in [-0.4, -0.2) is 52.4 Å². The summed E-state index contributed by atoms with van der Waals surface area (Å²) in [6.07, 6.45) is 0. The molecule has 1 N–H and O–H groups in total. The number of amides is 1. The third kappa shape index (κ3) is 5.78. The Labute approximate surface area is 170 Å². The number of hydrogen-bond acceptors (Lipinski definition) is 6. The minimum absolute atomic E-state index is 0.0254. The van der Waals surface area contributed by atoms with Gasteiger partial charge in [-0.3, -0.25) is 4.79 Å². The van der Waals surface area contributed by atoms with Gasteiger partial charge in [0.05, 0.1) is 17.6 Å². The fraction of sp³-hybridized carbons (Fsp3) is 0.300. The number of carbonyl (C=O) groups is 2. The maximum absolute atomic E-state index is 12.3. The molecule has 0 unspecified atom stereocenters. The zero-order valence-corrected chi connectivity index (χ0v) is 17.6. The summed E-state index contributed by atoms with van der Waals surface area (Å²) in [7, 11) is 0.669. The molecule has 29 heavy (non-hydrogen) atoms. The zero-order valence-electron chi connectivity index (χ0n) is 16.8. The summed E-state index contributed by atoms with van der Waals surface area (Å²) in [5.74, 6) is -0.572. The number of benzene rings is 2. The monoisotopic (exact) mass is 420 g/mol. The van der Waals surface area contributed by atoms with E-state index in [1.165, 1.54) is 32.3 Å². The van der Waals surface area contributed by atoms with Gasteiger partial charge in [0, 0.05) is 20.6 Å². The number of hydrogen-bond donors (Lipinski definition) is 1. The van der Waals surface area contributed by atoms with Gasteiger partial charge >= 0.3 is 5.97 Å². The lowest BCUT2D eigenvalue weighted by Crippen LogP contribution is -2.28. The van der Waals surface area contributed by atoms with Crippen LogP contribution in [0.4, 0.5) is 0 Å². The molecule has 1 amide bonds. The predicted molar refractivity (Wildman–Crippen MR) is 107 cm³/mol. The summed E-state index contributed by atoms with van der Waals surface area (Å²) in [5.41, 5.74) is 1.47. The molecule has 9 heteroatoms. The minimum Gasteiger partial charge on any atom is -0.497 e. The number of sulfonamides is 1. The van der Waals surface area contributed by atoms with Crippen LogP contribution in [0.2, 0.25) is 0 Å². The van der Waals surface area contributed by atoms with Crippen LogP contribution in [-0.2, 0) is 26.1 Å². The van der Waals surface area contributed by atoms with Crippen molar-refractivity contribution in [3.63, 3.8) is 0 Å². The molecule has 0 bridgehead atoms. The number of carbonyl (C=O) groups excluding carboxylic acids is 2. The molecule has 156 valence electrons. The second kappa shape index (κ2) is 9.53. The van der Waals surface area contributed by atoms with Crippen LogP contribution in [0.15, 0.2) is 47.4 Å². The molecule has 0 aliphatic heterocycles. The van der Waals surface area contributed by atoms with Gasteiger partial charge in [-0.25, -0.2) is 17.5 Å². The number of rotatable bonds is 8. The van der Waals surface area contributed by atoms with Crippen molar-refractivity contribution >= 4 is 21.9 Å². The van der Waals surface area contributed by atoms with Gasteiger partial charge in [-0.2, -0.15) is 0 Å². The van der Waals surface area contributed by atoms with E-state index in [9.17, 15) is 18.0 Å². The molecule has 0 heterocycles. The molecular formula is C20H24N2O6S. The highest BCUT2D eigenvalue weighted by molar-refractivity contribution is 7.89. The smallest absolute Gasteiger partial charge is 0.338 e. The second-order valence-electron chi connectivity index (χ2n) is 6.47. The van der Waals surface area contributed by atoms with Crippen LogP contribution < -0.4 is 10.1 Å². The summed E-state index contributed by atoms with van der Waals surface area (Å²) >= 11 is 0. The van der Waals surface area contributed by atoms with Crippen molar-refractivity contribution in [2.45, 2.75) is 18.4 Å². The number of nitrogens with one attached hydrogen (secondary N) is 1. The van der Waals surface area contributed by atoms with Gasteiger partial charge < -0.3 is 14.8 Å². The lowest BCUT2D eigenvalue weighted by molar-refractivity contribution is -0.124. The Morgan fingerprint density at radius 3 is 2.48 bits per heavy atom. The summed E-state index contributed by atoms with van der Waals surface area (Å²) in [5, 5.41) is 2.65. The third-order valence-electron chi connectivity index (χ3n) is 4.17. The van der Waals surface area contributed by atoms with Crippen molar-refractivity contribution in [3.8, 4) is 5.75 Å². The SMILES string of the molecule is COc1cccc(CNC(=O)COC(=O)c2cc(S(=O)(=O)N(C)C)ccc2C)c1. The molecule has 0 aliphatic rings. The predicted octanol–water partition coefficient (Wildman–Crippen LogP) is 1.73. The van der Waals surface area contributed by atoms with Crippen molar-refractivity contribution in [2.24, 2.45) is 0 Å². The van der Waals surface area contributed by atoms with Gasteiger partial charge in [0.15, 0.2) is 6.61 Å². The molecular weight excluding hydrogens is 396 g/mol. The maximum atomic E-state index is 12.3. The average molecular weight is 420 g/mol. The van der Waals surface area contributed by atoms with Crippen molar-refractivity contribution in [1.29, 1.82) is 0 Å². The first-order valence-corrected chi connectivity index (χ1v) is 10.2. The highest BCUT2D eigenvalue weighted by atomic mass is 32.2. The topological polar surface area (TPSA) is 102 Å². The lowest BCUT2D eigenvalue weighted by atomic mass is 10.1. The quantitative estimate of drug-likeness (QED) is 0.653. The fourth-order valence-corrected chi connectivity index (χ4v) is 3.36. The Bertz CT molecular complexity index is 1000. The molecule has 0 saturated carbocycles. The standard InChI is InChI=1S/C20H24N2O6S/c1-14-8-9-17(29(25,26)22(2)3)11-18(14)20(24)28-13-19(23)21-12-15-6-5-7-16(10-15)27-4/h5-11H,12-13H2,1-4H3,(H,21,23). The molecule has 2 aromatic rings. The van der Waals surface area contributed by atoms with Crippen LogP contribution in [0.3, 0.4) is 0 Å². The highest BCUT2D eigenvalue weighted by Crippen LogP contribution is 2.19. The van der Waals surface area contributed by atoms with Crippen molar-refractivity contribution in [2.75, 3.05) is 27.8 Å². The van der Waals surface area contributed by atoms with Crippen LogP contribution in [0, 0.1) is 6.92 Å². The molecule has 0 saturated heterocycles. The van der Waals surface area contributed by atoms with Crippen molar-refractivity contribution in [1.82, 2.24) is 9.62 Å². The Kier molecular flexibility index (Phi) is 7.35.